The van der Waals surface area contributed by atoms with Crippen LogP contribution < -0.4 is 27.6 Å². The Morgan fingerprint density at radius 2 is 2.17 bits per heavy atom. The number of aliphatic carboxylic acids is 1. The maximum atomic E-state index is 13.0. The number of fused-ring (bicyclic) bond motifs is 1. The summed E-state index contributed by atoms with van der Waals surface area (Å²) in [6, 6.07) is 0.0674. The van der Waals surface area contributed by atoms with E-state index in [1.807, 2.05) is 0 Å². The third kappa shape index (κ3) is 6.16. The smallest absolute Gasteiger partial charge is 0.276 e. The summed E-state index contributed by atoms with van der Waals surface area (Å²) in [6.45, 7) is 0. The molecule has 2 aromatic heterocycles. The standard InChI is InChI=1S/C21H21ClN8O6S4/c22-15-11(28-21(25)40-15)12(29-36)17(32)27-13-18(33)30-14(20(34)35)10(6-38-19(13)30)39-9-1-2-26-3-7(9)4-37-5-8(23)16(24)31/h1-3,8,13,19,36H,4-6,23H2,(H2,24,31)(H2,25,28)(H,27,32)(H,34,35)/b29-12-/t8-,13-,19-/m1/s1. The van der Waals surface area contributed by atoms with Gasteiger partial charge in [0.05, 0.1) is 17.4 Å². The van der Waals surface area contributed by atoms with Gasteiger partial charge in [-0.25, -0.2) is 4.98 Å². The van der Waals surface area contributed by atoms with Crippen molar-refractivity contribution >= 4 is 92.8 Å². The second kappa shape index (κ2) is 12.6. The number of halogens is 1. The average Bonchev–Trinajstić information content (AvgIpc) is 3.25. The number of nitrogen functional groups attached to an aromatic ring is 1. The number of β-lactam (4-membered cyclic amide) rings is 1. The van der Waals surface area contributed by atoms with Crippen molar-refractivity contribution in [2.24, 2.45) is 10.9 Å². The minimum atomic E-state index is -1.54. The molecule has 1 fully saturated rings. The van der Waals surface area contributed by atoms with Crippen LogP contribution in [0.15, 0.2) is 39.1 Å². The molecular formula is C21H21ClN8O6S4. The highest BCUT2D eigenvalue weighted by Crippen LogP contribution is 2.45. The van der Waals surface area contributed by atoms with Gasteiger partial charge >= 0.3 is 0 Å². The predicted molar refractivity (Wildman–Crippen MR) is 149 cm³/mol. The number of primary amides is 1. The van der Waals surface area contributed by atoms with E-state index in [9.17, 15) is 29.5 Å². The fourth-order valence-corrected chi connectivity index (χ4v) is 8.28. The van der Waals surface area contributed by atoms with Gasteiger partial charge in [-0.3, -0.25) is 24.3 Å². The first kappa shape index (κ1) is 29.9. The van der Waals surface area contributed by atoms with Gasteiger partial charge in [-0.2, -0.15) is 11.8 Å². The van der Waals surface area contributed by atoms with Crippen LogP contribution in [-0.2, 0) is 24.9 Å². The van der Waals surface area contributed by atoms with Crippen LogP contribution >= 0.6 is 58.2 Å². The minimum absolute atomic E-state index is 0.0193. The number of carbonyl (C=O) groups is 4. The van der Waals surface area contributed by atoms with Gasteiger partial charge in [0.1, 0.15) is 21.4 Å². The summed E-state index contributed by atoms with van der Waals surface area (Å²) in [7, 11) is 0. The number of quaternary nitrogens is 1. The number of aromatic nitrogens is 2. The average molecular weight is 645 g/mol. The zero-order valence-electron chi connectivity index (χ0n) is 20.2. The fraction of sp³-hybridized carbons (Fsp3) is 0.286. The lowest BCUT2D eigenvalue weighted by Crippen LogP contribution is -2.71. The van der Waals surface area contributed by atoms with Gasteiger partial charge in [-0.15, -0.1) is 11.8 Å². The fourth-order valence-electron chi connectivity index (χ4n) is 3.68. The molecule has 0 saturated carbocycles. The Morgan fingerprint density at radius 1 is 1.43 bits per heavy atom. The molecule has 14 nitrogen and oxygen atoms in total. The lowest BCUT2D eigenvalue weighted by atomic mass is 10.0. The molecule has 0 spiro atoms. The summed E-state index contributed by atoms with van der Waals surface area (Å²) in [4.78, 5) is 59.4. The molecule has 9 N–H and O–H groups in total. The first-order chi connectivity index (χ1) is 19.0. The van der Waals surface area contributed by atoms with Crippen LogP contribution in [0.1, 0.15) is 11.3 Å². The molecule has 212 valence electrons. The predicted octanol–water partition coefficient (Wildman–Crippen LogP) is -1.57. The van der Waals surface area contributed by atoms with Crippen molar-refractivity contribution in [2.75, 3.05) is 17.2 Å². The maximum Gasteiger partial charge on any atom is 0.276 e. The number of thioether (sulfide) groups is 3. The first-order valence-corrected chi connectivity index (χ1v) is 15.4. The maximum absolute atomic E-state index is 13.0. The molecule has 2 aliphatic rings. The van der Waals surface area contributed by atoms with Crippen molar-refractivity contribution in [2.45, 2.75) is 28.1 Å². The van der Waals surface area contributed by atoms with Crippen molar-refractivity contribution in [1.82, 2.24) is 20.2 Å². The van der Waals surface area contributed by atoms with Gasteiger partial charge < -0.3 is 37.6 Å². The number of hydrogen-bond donors (Lipinski definition) is 5. The number of nitrogens with one attached hydrogen (secondary N) is 1. The van der Waals surface area contributed by atoms with Gasteiger partial charge in [0.25, 0.3) is 17.7 Å². The van der Waals surface area contributed by atoms with Crippen molar-refractivity contribution in [1.29, 1.82) is 0 Å². The SMILES string of the molecule is NC(=O)[C@H]([NH3+])CSCc1cnccc1SC1=C(C(=O)[O-])N2C(=O)[C@@H](NC(=O)/C(=N\O)c3nc(N)sc3Cl)[C@H]2SC1. The van der Waals surface area contributed by atoms with E-state index in [0.29, 0.717) is 16.4 Å². The van der Waals surface area contributed by atoms with Crippen LogP contribution in [-0.4, -0.2) is 78.4 Å². The number of nitrogens with two attached hydrogens (primary N) is 2. The number of hydrogen-bond acceptors (Lipinski definition) is 14. The van der Waals surface area contributed by atoms with Crippen molar-refractivity contribution in [3.63, 3.8) is 0 Å². The molecule has 40 heavy (non-hydrogen) atoms. The summed E-state index contributed by atoms with van der Waals surface area (Å²) in [5.41, 5.74) is 14.4. The minimum Gasteiger partial charge on any atom is -0.543 e. The first-order valence-electron chi connectivity index (χ1n) is 11.2. The number of nitrogens with zero attached hydrogens (tertiary/aromatic N) is 4. The Kier molecular flexibility index (Phi) is 9.47. The van der Waals surface area contributed by atoms with E-state index in [0.717, 1.165) is 26.7 Å². The summed E-state index contributed by atoms with van der Waals surface area (Å²) >= 11 is 10.7. The topological polar surface area (TPSA) is 245 Å². The van der Waals surface area contributed by atoms with Crippen LogP contribution in [0.3, 0.4) is 0 Å². The Hall–Kier alpha value is -3.03. The quantitative estimate of drug-likeness (QED) is 0.0806. The Bertz CT molecular complexity index is 1440. The summed E-state index contributed by atoms with van der Waals surface area (Å²) in [5.74, 6) is -2.58. The normalized spacial score (nSPS) is 19.6. The highest BCUT2D eigenvalue weighted by Gasteiger charge is 2.53. The number of carboxylic acid groups (broad SMARTS) is 1. The molecule has 0 radical (unpaired) electrons. The summed E-state index contributed by atoms with van der Waals surface area (Å²) in [5, 5.41) is 26.3. The number of amides is 3. The summed E-state index contributed by atoms with van der Waals surface area (Å²) < 4.78 is 0.0193. The van der Waals surface area contributed by atoms with E-state index in [4.69, 9.17) is 23.1 Å². The van der Waals surface area contributed by atoms with E-state index >= 15 is 0 Å². The monoisotopic (exact) mass is 644 g/mol. The number of thiazole rings is 1. The number of pyridine rings is 1. The molecule has 1 saturated heterocycles. The van der Waals surface area contributed by atoms with Crippen LogP contribution in [0, 0.1) is 0 Å². The highest BCUT2D eigenvalue weighted by molar-refractivity contribution is 8.06. The highest BCUT2D eigenvalue weighted by atomic mass is 35.5. The Balaban J connectivity index is 1.49. The number of anilines is 1. The van der Waals surface area contributed by atoms with E-state index < -0.39 is 46.9 Å². The van der Waals surface area contributed by atoms with Crippen LogP contribution in [0.25, 0.3) is 0 Å². The zero-order chi connectivity index (χ0) is 29.1. The van der Waals surface area contributed by atoms with E-state index in [-0.39, 0.29) is 26.6 Å². The van der Waals surface area contributed by atoms with Gasteiger partial charge in [0.2, 0.25) is 0 Å². The zero-order valence-corrected chi connectivity index (χ0v) is 24.3. The largest absolute Gasteiger partial charge is 0.543 e. The van der Waals surface area contributed by atoms with E-state index in [1.165, 1.54) is 35.3 Å². The molecule has 4 heterocycles. The molecule has 19 heteroatoms. The van der Waals surface area contributed by atoms with Gasteiger partial charge in [0, 0.05) is 33.7 Å². The molecule has 2 aromatic rings. The van der Waals surface area contributed by atoms with Crippen molar-refractivity contribution < 1.29 is 35.2 Å². The van der Waals surface area contributed by atoms with Gasteiger partial charge in [-0.05, 0) is 11.6 Å². The second-order valence-electron chi connectivity index (χ2n) is 8.24. The molecule has 0 bridgehead atoms. The summed E-state index contributed by atoms with van der Waals surface area (Å²) in [6.07, 6.45) is 3.20. The van der Waals surface area contributed by atoms with Crippen LogP contribution in [0.5, 0.6) is 0 Å². The molecule has 0 aromatic carbocycles. The lowest BCUT2D eigenvalue weighted by Gasteiger charge is -2.50. The molecule has 0 unspecified atom stereocenters. The molecule has 3 amide bonds. The number of carbonyl (C=O) groups excluding carboxylic acids is 4. The lowest BCUT2D eigenvalue weighted by molar-refractivity contribution is -0.395. The van der Waals surface area contributed by atoms with Gasteiger partial charge in [0.15, 0.2) is 16.9 Å². The van der Waals surface area contributed by atoms with Crippen LogP contribution in [0.4, 0.5) is 5.13 Å². The number of carboxylic acids is 1. The van der Waals surface area contributed by atoms with E-state index in [2.05, 4.69) is 26.2 Å². The third-order valence-corrected chi connectivity index (χ3v) is 10.5. The molecular weight excluding hydrogens is 624 g/mol. The molecule has 0 aliphatic carbocycles. The number of oxime groups is 1. The van der Waals surface area contributed by atoms with Crippen LogP contribution in [0.2, 0.25) is 4.34 Å². The number of rotatable bonds is 11. The Morgan fingerprint density at radius 3 is 2.80 bits per heavy atom. The Labute approximate surface area is 248 Å². The third-order valence-electron chi connectivity index (χ3n) is 5.63. The van der Waals surface area contributed by atoms with Crippen molar-refractivity contribution in [3.05, 3.63) is 44.7 Å². The second-order valence-corrected chi connectivity index (χ2v) is 13.1. The van der Waals surface area contributed by atoms with Gasteiger partial charge in [-0.1, -0.05) is 39.9 Å². The molecule has 4 rings (SSSR count). The molecule has 2 aliphatic heterocycles. The molecule has 3 atom stereocenters. The van der Waals surface area contributed by atoms with E-state index in [1.54, 1.807) is 18.5 Å². The van der Waals surface area contributed by atoms with Crippen molar-refractivity contribution in [3.8, 4) is 0 Å².